The van der Waals surface area contributed by atoms with E-state index in [9.17, 15) is 4.79 Å². The quantitative estimate of drug-likeness (QED) is 0.929. The fraction of sp³-hybridized carbons (Fsp3) is 0.312. The Morgan fingerprint density at radius 2 is 2.05 bits per heavy atom. The lowest BCUT2D eigenvalue weighted by atomic mass is 9.89. The van der Waals surface area contributed by atoms with Crippen molar-refractivity contribution in [3.63, 3.8) is 0 Å². The zero-order valence-corrected chi connectivity index (χ0v) is 11.2. The van der Waals surface area contributed by atoms with Crippen LogP contribution in [0.15, 0.2) is 53.3 Å². The average molecular weight is 270 g/mol. The SMILES string of the molecule is NC[C@@H]1CN(C(=O)c2ccoc2)C[C@H]1c1ccccc1. The maximum Gasteiger partial charge on any atom is 0.257 e. The van der Waals surface area contributed by atoms with Crippen LogP contribution in [0.1, 0.15) is 21.8 Å². The van der Waals surface area contributed by atoms with Gasteiger partial charge in [-0.1, -0.05) is 30.3 Å². The number of carbonyl (C=O) groups excluding carboxylic acids is 1. The lowest BCUT2D eigenvalue weighted by molar-refractivity contribution is 0.0785. The summed E-state index contributed by atoms with van der Waals surface area (Å²) in [7, 11) is 0. The van der Waals surface area contributed by atoms with Crippen molar-refractivity contribution in [2.24, 2.45) is 11.7 Å². The molecule has 2 atom stereocenters. The van der Waals surface area contributed by atoms with Crippen molar-refractivity contribution in [1.29, 1.82) is 0 Å². The van der Waals surface area contributed by atoms with E-state index in [0.29, 0.717) is 30.5 Å². The van der Waals surface area contributed by atoms with Crippen LogP contribution in [0.3, 0.4) is 0 Å². The molecule has 2 aromatic rings. The highest BCUT2D eigenvalue weighted by Gasteiger charge is 2.35. The lowest BCUT2D eigenvalue weighted by Gasteiger charge is -2.16. The fourth-order valence-corrected chi connectivity index (χ4v) is 2.92. The molecule has 3 rings (SSSR count). The second-order valence-corrected chi connectivity index (χ2v) is 5.24. The number of hydrogen-bond donors (Lipinski definition) is 1. The summed E-state index contributed by atoms with van der Waals surface area (Å²) < 4.78 is 4.99. The largest absolute Gasteiger partial charge is 0.472 e. The normalized spacial score (nSPS) is 22.1. The van der Waals surface area contributed by atoms with Crippen molar-refractivity contribution in [1.82, 2.24) is 4.90 Å². The molecule has 4 nitrogen and oxygen atoms in total. The minimum absolute atomic E-state index is 0.0237. The molecule has 0 spiro atoms. The van der Waals surface area contributed by atoms with Gasteiger partial charge in [-0.3, -0.25) is 4.79 Å². The number of amides is 1. The summed E-state index contributed by atoms with van der Waals surface area (Å²) in [5, 5.41) is 0. The van der Waals surface area contributed by atoms with Crippen LogP contribution in [0.5, 0.6) is 0 Å². The number of furan rings is 1. The first-order valence-corrected chi connectivity index (χ1v) is 6.86. The molecule has 1 aromatic heterocycles. The predicted octanol–water partition coefficient (Wildman–Crippen LogP) is 2.09. The first-order valence-electron chi connectivity index (χ1n) is 6.86. The molecule has 4 heteroatoms. The number of rotatable bonds is 3. The van der Waals surface area contributed by atoms with Crippen molar-refractivity contribution in [2.45, 2.75) is 5.92 Å². The van der Waals surface area contributed by atoms with Gasteiger partial charge in [-0.25, -0.2) is 0 Å². The van der Waals surface area contributed by atoms with E-state index in [4.69, 9.17) is 10.2 Å². The topological polar surface area (TPSA) is 59.5 Å². The van der Waals surface area contributed by atoms with Gasteiger partial charge in [0.05, 0.1) is 11.8 Å². The summed E-state index contributed by atoms with van der Waals surface area (Å²) in [4.78, 5) is 14.2. The highest BCUT2D eigenvalue weighted by Crippen LogP contribution is 2.32. The Labute approximate surface area is 118 Å². The third-order valence-corrected chi connectivity index (χ3v) is 4.03. The molecule has 1 aliphatic heterocycles. The molecule has 1 aromatic carbocycles. The molecule has 0 bridgehead atoms. The number of benzene rings is 1. The van der Waals surface area contributed by atoms with Crippen molar-refractivity contribution in [3.05, 3.63) is 60.1 Å². The zero-order chi connectivity index (χ0) is 13.9. The Kier molecular flexibility index (Phi) is 3.56. The molecule has 104 valence electrons. The maximum atomic E-state index is 12.4. The van der Waals surface area contributed by atoms with Gasteiger partial charge in [-0.05, 0) is 24.1 Å². The molecular weight excluding hydrogens is 252 g/mol. The van der Waals surface area contributed by atoms with Gasteiger partial charge in [-0.15, -0.1) is 0 Å². The molecule has 20 heavy (non-hydrogen) atoms. The van der Waals surface area contributed by atoms with Gasteiger partial charge < -0.3 is 15.1 Å². The molecule has 2 N–H and O–H groups in total. The Hall–Kier alpha value is -2.07. The third kappa shape index (κ3) is 2.34. The molecule has 0 unspecified atom stereocenters. The Bertz CT molecular complexity index is 565. The molecule has 1 saturated heterocycles. The van der Waals surface area contributed by atoms with Gasteiger partial charge in [-0.2, -0.15) is 0 Å². The van der Waals surface area contributed by atoms with Crippen LogP contribution in [0.25, 0.3) is 0 Å². The number of nitrogens with zero attached hydrogens (tertiary/aromatic N) is 1. The van der Waals surface area contributed by atoms with Crippen LogP contribution < -0.4 is 5.73 Å². The van der Waals surface area contributed by atoms with Gasteiger partial charge in [0.25, 0.3) is 5.91 Å². The van der Waals surface area contributed by atoms with E-state index in [1.807, 2.05) is 23.1 Å². The van der Waals surface area contributed by atoms with E-state index >= 15 is 0 Å². The van der Waals surface area contributed by atoms with E-state index in [2.05, 4.69) is 12.1 Å². The fourth-order valence-electron chi connectivity index (χ4n) is 2.92. The molecule has 1 amide bonds. The second kappa shape index (κ2) is 5.51. The Morgan fingerprint density at radius 3 is 2.70 bits per heavy atom. The first-order chi connectivity index (χ1) is 9.79. The van der Waals surface area contributed by atoms with Crippen molar-refractivity contribution >= 4 is 5.91 Å². The highest BCUT2D eigenvalue weighted by atomic mass is 16.3. The van der Waals surface area contributed by atoms with E-state index in [0.717, 1.165) is 6.54 Å². The zero-order valence-electron chi connectivity index (χ0n) is 11.2. The van der Waals surface area contributed by atoms with Gasteiger partial charge in [0, 0.05) is 19.0 Å². The van der Waals surface area contributed by atoms with Crippen molar-refractivity contribution in [2.75, 3.05) is 19.6 Å². The van der Waals surface area contributed by atoms with Crippen LogP contribution >= 0.6 is 0 Å². The molecule has 1 aliphatic rings. The summed E-state index contributed by atoms with van der Waals surface area (Å²) in [6.45, 7) is 2.02. The number of hydrogen-bond acceptors (Lipinski definition) is 3. The first kappa shape index (κ1) is 12.9. The number of carbonyl (C=O) groups is 1. The summed E-state index contributed by atoms with van der Waals surface area (Å²) in [5.74, 6) is 0.654. The molecule has 0 aliphatic carbocycles. The molecule has 0 radical (unpaired) electrons. The predicted molar refractivity (Wildman–Crippen MR) is 76.3 cm³/mol. The van der Waals surface area contributed by atoms with Gasteiger partial charge in [0.2, 0.25) is 0 Å². The number of likely N-dealkylation sites (tertiary alicyclic amines) is 1. The summed E-state index contributed by atoms with van der Waals surface area (Å²) in [6, 6.07) is 12.0. The van der Waals surface area contributed by atoms with E-state index in [1.165, 1.54) is 18.1 Å². The standard InChI is InChI=1S/C16H18N2O2/c17-8-14-9-18(16(19)13-6-7-20-11-13)10-15(14)12-4-2-1-3-5-12/h1-7,11,14-15H,8-10,17H2/t14-,15+/m1/s1. The Morgan fingerprint density at radius 1 is 1.25 bits per heavy atom. The molecule has 0 saturated carbocycles. The van der Waals surface area contributed by atoms with Crippen molar-refractivity contribution in [3.8, 4) is 0 Å². The average Bonchev–Trinajstić information content (AvgIpc) is 3.17. The highest BCUT2D eigenvalue weighted by molar-refractivity contribution is 5.94. The summed E-state index contributed by atoms with van der Waals surface area (Å²) in [6.07, 6.45) is 3.02. The van der Waals surface area contributed by atoms with Gasteiger partial charge in [0.1, 0.15) is 6.26 Å². The minimum atomic E-state index is 0.0237. The minimum Gasteiger partial charge on any atom is -0.472 e. The molecular formula is C16H18N2O2. The third-order valence-electron chi connectivity index (χ3n) is 4.03. The maximum absolute atomic E-state index is 12.4. The van der Waals surface area contributed by atoms with Crippen LogP contribution in [0.4, 0.5) is 0 Å². The summed E-state index contributed by atoms with van der Waals surface area (Å²) in [5.41, 5.74) is 7.75. The molecule has 2 heterocycles. The smallest absolute Gasteiger partial charge is 0.257 e. The van der Waals surface area contributed by atoms with Crippen LogP contribution in [0.2, 0.25) is 0 Å². The van der Waals surface area contributed by atoms with Gasteiger partial charge >= 0.3 is 0 Å². The van der Waals surface area contributed by atoms with Crippen LogP contribution in [-0.2, 0) is 0 Å². The van der Waals surface area contributed by atoms with E-state index < -0.39 is 0 Å². The Balaban J connectivity index is 1.80. The molecule has 1 fully saturated rings. The monoisotopic (exact) mass is 270 g/mol. The van der Waals surface area contributed by atoms with Crippen LogP contribution in [0, 0.1) is 5.92 Å². The number of nitrogens with two attached hydrogens (primary N) is 1. The van der Waals surface area contributed by atoms with E-state index in [1.54, 1.807) is 6.07 Å². The summed E-state index contributed by atoms with van der Waals surface area (Å²) >= 11 is 0. The lowest BCUT2D eigenvalue weighted by Crippen LogP contribution is -2.29. The second-order valence-electron chi connectivity index (χ2n) is 5.24. The van der Waals surface area contributed by atoms with E-state index in [-0.39, 0.29) is 5.91 Å². The van der Waals surface area contributed by atoms with Crippen LogP contribution in [-0.4, -0.2) is 30.4 Å². The van der Waals surface area contributed by atoms with Crippen molar-refractivity contribution < 1.29 is 9.21 Å². The van der Waals surface area contributed by atoms with Gasteiger partial charge in [0.15, 0.2) is 0 Å².